The average molecular weight is 651 g/mol. The van der Waals surface area contributed by atoms with Crippen LogP contribution in [0.1, 0.15) is 64.1 Å². The maximum Gasteiger partial charge on any atom is 0.258 e. The van der Waals surface area contributed by atoms with Crippen molar-refractivity contribution in [1.29, 1.82) is 0 Å². The molecule has 2 aliphatic heterocycles. The number of hydrogen-bond donors (Lipinski definition) is 2. The maximum atomic E-state index is 13.9. The van der Waals surface area contributed by atoms with E-state index in [-0.39, 0.29) is 24.3 Å². The Morgan fingerprint density at radius 2 is 1.70 bits per heavy atom. The molecule has 1 fully saturated rings. The quantitative estimate of drug-likeness (QED) is 0.180. The number of thiophene rings is 1. The molecule has 1 saturated heterocycles. The summed E-state index contributed by atoms with van der Waals surface area (Å²) < 4.78 is 6.25. The van der Waals surface area contributed by atoms with Crippen molar-refractivity contribution in [2.24, 2.45) is 0 Å². The van der Waals surface area contributed by atoms with Crippen LogP contribution in [0.4, 0.5) is 11.4 Å². The zero-order chi connectivity index (χ0) is 32.6. The Morgan fingerprint density at radius 1 is 0.915 bits per heavy atom. The van der Waals surface area contributed by atoms with E-state index in [0.717, 1.165) is 62.0 Å². The molecular weight excluding hydrogens is 609 g/mol. The van der Waals surface area contributed by atoms with Crippen LogP contribution < -0.4 is 20.3 Å². The molecule has 0 unspecified atom stereocenters. The van der Waals surface area contributed by atoms with E-state index in [0.29, 0.717) is 48.0 Å². The van der Waals surface area contributed by atoms with Crippen LogP contribution in [0.3, 0.4) is 0 Å². The lowest BCUT2D eigenvalue weighted by Gasteiger charge is -2.31. The van der Waals surface area contributed by atoms with Crippen molar-refractivity contribution in [2.75, 3.05) is 43.5 Å². The summed E-state index contributed by atoms with van der Waals surface area (Å²) >= 11 is 1.69. The number of hydrogen-bond acceptors (Lipinski definition) is 6. The van der Waals surface area contributed by atoms with Gasteiger partial charge in [-0.25, -0.2) is 0 Å². The number of piperidine rings is 1. The van der Waals surface area contributed by atoms with Gasteiger partial charge >= 0.3 is 0 Å². The van der Waals surface area contributed by atoms with Crippen LogP contribution in [-0.4, -0.2) is 62.0 Å². The first-order valence-corrected chi connectivity index (χ1v) is 17.5. The van der Waals surface area contributed by atoms with Crippen LogP contribution in [0.15, 0.2) is 84.2 Å². The van der Waals surface area contributed by atoms with E-state index >= 15 is 0 Å². The van der Waals surface area contributed by atoms with E-state index < -0.39 is 0 Å². The van der Waals surface area contributed by atoms with Gasteiger partial charge in [-0.15, -0.1) is 11.3 Å². The molecule has 4 aromatic rings. The van der Waals surface area contributed by atoms with Gasteiger partial charge in [-0.3, -0.25) is 14.4 Å². The first kappa shape index (κ1) is 32.5. The molecule has 1 aromatic heterocycles. The third kappa shape index (κ3) is 7.75. The highest BCUT2D eigenvalue weighted by atomic mass is 32.1. The number of anilines is 2. The Morgan fingerprint density at radius 3 is 2.51 bits per heavy atom. The van der Waals surface area contributed by atoms with Crippen molar-refractivity contribution < 1.29 is 19.1 Å². The Labute approximate surface area is 280 Å². The molecule has 3 aromatic carbocycles. The van der Waals surface area contributed by atoms with Gasteiger partial charge in [-0.2, -0.15) is 0 Å². The molecule has 3 heterocycles. The molecule has 0 aliphatic carbocycles. The monoisotopic (exact) mass is 650 g/mol. The van der Waals surface area contributed by atoms with Gasteiger partial charge in [0.05, 0.1) is 18.0 Å². The van der Waals surface area contributed by atoms with E-state index in [1.165, 1.54) is 4.88 Å². The molecule has 0 atom stereocenters. The van der Waals surface area contributed by atoms with Crippen LogP contribution >= 0.6 is 11.3 Å². The summed E-state index contributed by atoms with van der Waals surface area (Å²) in [5.41, 5.74) is 4.25. The number of ether oxygens (including phenoxy) is 1. The third-order valence-electron chi connectivity index (χ3n) is 9.08. The van der Waals surface area contributed by atoms with Gasteiger partial charge in [0.15, 0.2) is 0 Å². The summed E-state index contributed by atoms with van der Waals surface area (Å²) in [5.74, 6) is 0.169. The number of rotatable bonds is 10. The highest BCUT2D eigenvalue weighted by molar-refractivity contribution is 7.10. The van der Waals surface area contributed by atoms with Crippen molar-refractivity contribution in [1.82, 2.24) is 10.2 Å². The first-order chi connectivity index (χ1) is 23.0. The minimum absolute atomic E-state index is 0.0937. The van der Waals surface area contributed by atoms with Crippen LogP contribution in [-0.2, 0) is 11.2 Å². The van der Waals surface area contributed by atoms with Crippen LogP contribution in [0.2, 0.25) is 0 Å². The number of nitrogens with zero attached hydrogens (tertiary/aromatic N) is 2. The summed E-state index contributed by atoms with van der Waals surface area (Å²) in [4.78, 5) is 45.5. The van der Waals surface area contributed by atoms with E-state index in [2.05, 4.69) is 10.6 Å². The highest BCUT2D eigenvalue weighted by Gasteiger charge is 2.25. The molecule has 0 saturated carbocycles. The van der Waals surface area contributed by atoms with E-state index in [1.807, 2.05) is 76.8 Å². The Hall–Kier alpha value is -4.47. The molecule has 2 aliphatic rings. The zero-order valence-corrected chi connectivity index (χ0v) is 27.7. The molecule has 2 N–H and O–H groups in total. The molecule has 47 heavy (non-hydrogen) atoms. The van der Waals surface area contributed by atoms with Gasteiger partial charge < -0.3 is 25.2 Å². The second-order valence-corrected chi connectivity index (χ2v) is 13.1. The first-order valence-electron chi connectivity index (χ1n) is 16.6. The maximum absolute atomic E-state index is 13.9. The molecule has 0 spiro atoms. The zero-order valence-electron chi connectivity index (χ0n) is 26.9. The van der Waals surface area contributed by atoms with Gasteiger partial charge in [0.2, 0.25) is 5.91 Å². The molecule has 9 heteroatoms. The Balaban J connectivity index is 1.20. The van der Waals surface area contributed by atoms with E-state index in [9.17, 15) is 14.4 Å². The number of amides is 3. The van der Waals surface area contributed by atoms with Gasteiger partial charge in [-0.05, 0) is 92.4 Å². The summed E-state index contributed by atoms with van der Waals surface area (Å²) in [5, 5.41) is 8.39. The van der Waals surface area contributed by atoms with E-state index in [4.69, 9.17) is 4.74 Å². The molecule has 3 amide bonds. The molecule has 6 rings (SSSR count). The fraction of sp³-hybridized carbons (Fsp3) is 0.342. The lowest BCUT2D eigenvalue weighted by atomic mass is 9.99. The minimum Gasteiger partial charge on any atom is -0.491 e. The lowest BCUT2D eigenvalue weighted by Crippen LogP contribution is -2.43. The predicted molar refractivity (Wildman–Crippen MR) is 189 cm³/mol. The Kier molecular flexibility index (Phi) is 10.6. The topological polar surface area (TPSA) is 91.0 Å². The van der Waals surface area contributed by atoms with Crippen LogP contribution in [0, 0.1) is 0 Å². The average Bonchev–Trinajstić information content (AvgIpc) is 3.49. The van der Waals surface area contributed by atoms with Gasteiger partial charge in [0.25, 0.3) is 11.8 Å². The molecule has 0 radical (unpaired) electrons. The fourth-order valence-corrected chi connectivity index (χ4v) is 7.33. The normalized spacial score (nSPS) is 15.1. The number of carbonyl (C=O) groups excluding carboxylic acids is 3. The number of carbonyl (C=O) groups is 3. The van der Waals surface area contributed by atoms with Crippen molar-refractivity contribution in [3.63, 3.8) is 0 Å². The lowest BCUT2D eigenvalue weighted by molar-refractivity contribution is -0.132. The molecule has 8 nitrogen and oxygen atoms in total. The fourth-order valence-electron chi connectivity index (χ4n) is 6.40. The second-order valence-electron chi connectivity index (χ2n) is 12.1. The number of nitrogens with one attached hydrogen (secondary N) is 2. The third-order valence-corrected chi connectivity index (χ3v) is 10.0. The van der Waals surface area contributed by atoms with Gasteiger partial charge in [0.1, 0.15) is 5.75 Å². The highest BCUT2D eigenvalue weighted by Crippen LogP contribution is 2.34. The van der Waals surface area contributed by atoms with Crippen molar-refractivity contribution in [3.05, 3.63) is 100 Å². The van der Waals surface area contributed by atoms with Gasteiger partial charge in [-0.1, -0.05) is 48.5 Å². The van der Waals surface area contributed by atoms with Crippen molar-refractivity contribution in [3.8, 4) is 16.9 Å². The minimum atomic E-state index is -0.274. The van der Waals surface area contributed by atoms with Crippen molar-refractivity contribution in [2.45, 2.75) is 51.0 Å². The number of fused-ring (bicyclic) bond motifs is 1. The summed E-state index contributed by atoms with van der Waals surface area (Å²) in [6.45, 7) is 2.45. The van der Waals surface area contributed by atoms with Crippen molar-refractivity contribution >= 4 is 40.4 Å². The van der Waals surface area contributed by atoms with Gasteiger partial charge in [0, 0.05) is 48.1 Å². The summed E-state index contributed by atoms with van der Waals surface area (Å²) in [6, 6.07) is 25.0. The predicted octanol–water partition coefficient (Wildman–Crippen LogP) is 7.02. The summed E-state index contributed by atoms with van der Waals surface area (Å²) in [6.07, 6.45) is 5.79. The molecular formula is C38H42N4O4S. The number of aryl methyl sites for hydroxylation is 1. The largest absolute Gasteiger partial charge is 0.491 e. The van der Waals surface area contributed by atoms with E-state index in [1.54, 1.807) is 35.6 Å². The molecule has 244 valence electrons. The van der Waals surface area contributed by atoms with Crippen LogP contribution in [0.5, 0.6) is 5.75 Å². The SMILES string of the molecule is CNC1CCN(C(=O)CCCOc2cc(C(=O)N3CCCCc4sccc43)ccc2NC(=O)c2ccccc2-c2ccccc2)CC1. The van der Waals surface area contributed by atoms with Crippen LogP contribution in [0.25, 0.3) is 11.1 Å². The number of likely N-dealkylation sites (tertiary alicyclic amines) is 1. The second kappa shape index (κ2) is 15.4. The summed E-state index contributed by atoms with van der Waals surface area (Å²) in [7, 11) is 1.97. The number of benzene rings is 3. The molecule has 0 bridgehead atoms. The Bertz CT molecular complexity index is 1700. The standard InChI is InChI=1S/C38H42N4O4S/c1-39-29-18-22-41(23-19-29)36(43)15-9-24-46-34-26-28(38(45)42-21-8-7-14-35-33(42)20-25-47-35)16-17-32(34)40-37(44)31-13-6-5-12-30(31)27-10-3-2-4-11-27/h2-6,10-13,16-17,20,25-26,29,39H,7-9,14-15,18-19,21-24H2,1H3,(H,40,44). The smallest absolute Gasteiger partial charge is 0.258 e.